The van der Waals surface area contributed by atoms with Gasteiger partial charge < -0.3 is 20.3 Å². The number of hydrogen-bond acceptors (Lipinski definition) is 4. The smallest absolute Gasteiger partial charge is 0.191 e. The summed E-state index contributed by atoms with van der Waals surface area (Å²) in [4.78, 5) is 7.00. The molecular formula is C18H36N4OS. The van der Waals surface area contributed by atoms with Crippen molar-refractivity contribution in [2.75, 3.05) is 59.2 Å². The summed E-state index contributed by atoms with van der Waals surface area (Å²) < 4.78 is 5.81. The van der Waals surface area contributed by atoms with E-state index in [0.29, 0.717) is 4.75 Å². The van der Waals surface area contributed by atoms with E-state index in [-0.39, 0.29) is 0 Å². The second kappa shape index (κ2) is 11.2. The highest BCUT2D eigenvalue weighted by Crippen LogP contribution is 2.32. The Morgan fingerprint density at radius 1 is 1.12 bits per heavy atom. The number of rotatable bonds is 7. The molecule has 0 amide bonds. The van der Waals surface area contributed by atoms with Crippen LogP contribution in [-0.4, -0.2) is 74.8 Å². The van der Waals surface area contributed by atoms with Crippen molar-refractivity contribution in [2.45, 2.75) is 49.7 Å². The first-order chi connectivity index (χ1) is 11.8. The normalized spacial score (nSPS) is 22.8. The number of guanidine groups is 1. The fourth-order valence-electron chi connectivity index (χ4n) is 3.53. The molecule has 0 unspecified atom stereocenters. The lowest BCUT2D eigenvalue weighted by Crippen LogP contribution is -2.48. The molecule has 0 atom stereocenters. The first kappa shape index (κ1) is 19.9. The molecule has 24 heavy (non-hydrogen) atoms. The molecular weight excluding hydrogens is 320 g/mol. The van der Waals surface area contributed by atoms with Gasteiger partial charge in [-0.3, -0.25) is 4.99 Å². The Bertz CT molecular complexity index is 364. The molecule has 0 aromatic heterocycles. The van der Waals surface area contributed by atoms with Crippen LogP contribution in [-0.2, 0) is 4.74 Å². The van der Waals surface area contributed by atoms with Crippen molar-refractivity contribution >= 4 is 17.7 Å². The summed E-state index contributed by atoms with van der Waals surface area (Å²) in [6, 6.07) is 0. The topological polar surface area (TPSA) is 48.9 Å². The quantitative estimate of drug-likeness (QED) is 0.416. The Kier molecular flexibility index (Phi) is 9.28. The molecule has 0 radical (unpaired) electrons. The van der Waals surface area contributed by atoms with E-state index in [2.05, 4.69) is 26.8 Å². The largest absolute Gasteiger partial charge is 0.381 e. The summed E-state index contributed by atoms with van der Waals surface area (Å²) in [5, 5.41) is 7.01. The van der Waals surface area contributed by atoms with E-state index in [1.165, 1.54) is 51.7 Å². The van der Waals surface area contributed by atoms with Crippen LogP contribution in [0.1, 0.15) is 44.9 Å². The van der Waals surface area contributed by atoms with Crippen LogP contribution in [0.3, 0.4) is 0 Å². The van der Waals surface area contributed by atoms with Crippen LogP contribution in [0.4, 0.5) is 0 Å². The standard InChI is InChI=1S/C18H36N4OS/c1-19-17(21-16-18(24-2)8-14-23-15-9-18)20-10-7-13-22-11-5-3-4-6-12-22/h3-16H2,1-2H3,(H2,19,20,21). The Balaban J connectivity index is 1.63. The minimum atomic E-state index is 0.294. The summed E-state index contributed by atoms with van der Waals surface area (Å²) in [6.07, 6.45) is 11.2. The van der Waals surface area contributed by atoms with Crippen LogP contribution in [0.5, 0.6) is 0 Å². The molecule has 0 bridgehead atoms. The van der Waals surface area contributed by atoms with Crippen LogP contribution >= 0.6 is 11.8 Å². The number of aliphatic imine (C=N–C) groups is 1. The third kappa shape index (κ3) is 6.81. The maximum Gasteiger partial charge on any atom is 0.191 e. The molecule has 2 N–H and O–H groups in total. The van der Waals surface area contributed by atoms with Gasteiger partial charge in [-0.2, -0.15) is 11.8 Å². The van der Waals surface area contributed by atoms with Crippen molar-refractivity contribution in [3.05, 3.63) is 0 Å². The van der Waals surface area contributed by atoms with Gasteiger partial charge in [0, 0.05) is 38.1 Å². The molecule has 2 aliphatic heterocycles. The summed E-state index contributed by atoms with van der Waals surface area (Å²) in [6.45, 7) is 7.48. The molecule has 2 saturated heterocycles. The number of nitrogens with zero attached hydrogens (tertiary/aromatic N) is 2. The van der Waals surface area contributed by atoms with Crippen LogP contribution in [0.2, 0.25) is 0 Å². The van der Waals surface area contributed by atoms with E-state index in [9.17, 15) is 0 Å². The fourth-order valence-corrected chi connectivity index (χ4v) is 4.32. The highest BCUT2D eigenvalue weighted by Gasteiger charge is 2.31. The molecule has 5 nitrogen and oxygen atoms in total. The van der Waals surface area contributed by atoms with Crippen LogP contribution in [0.25, 0.3) is 0 Å². The lowest BCUT2D eigenvalue weighted by atomic mass is 9.99. The molecule has 2 heterocycles. The van der Waals surface area contributed by atoms with E-state index in [1.54, 1.807) is 0 Å². The highest BCUT2D eigenvalue weighted by molar-refractivity contribution is 8.00. The number of ether oxygens (including phenoxy) is 1. The Morgan fingerprint density at radius 2 is 1.83 bits per heavy atom. The number of likely N-dealkylation sites (tertiary alicyclic amines) is 1. The molecule has 6 heteroatoms. The summed E-state index contributed by atoms with van der Waals surface area (Å²) >= 11 is 1.96. The highest BCUT2D eigenvalue weighted by atomic mass is 32.2. The van der Waals surface area contributed by atoms with E-state index in [0.717, 1.165) is 45.1 Å². The molecule has 0 spiro atoms. The Hall–Kier alpha value is -0.460. The third-order valence-electron chi connectivity index (χ3n) is 5.28. The van der Waals surface area contributed by atoms with Crippen LogP contribution in [0, 0.1) is 0 Å². The molecule has 2 fully saturated rings. The molecule has 0 saturated carbocycles. The lowest BCUT2D eigenvalue weighted by molar-refractivity contribution is 0.0783. The third-order valence-corrected chi connectivity index (χ3v) is 6.70. The number of thioether (sulfide) groups is 1. The van der Waals surface area contributed by atoms with Gasteiger partial charge in [-0.1, -0.05) is 12.8 Å². The van der Waals surface area contributed by atoms with Crippen LogP contribution < -0.4 is 10.6 Å². The minimum Gasteiger partial charge on any atom is -0.381 e. The van der Waals surface area contributed by atoms with Crippen molar-refractivity contribution in [2.24, 2.45) is 4.99 Å². The van der Waals surface area contributed by atoms with Crippen LogP contribution in [0.15, 0.2) is 4.99 Å². The van der Waals surface area contributed by atoms with Gasteiger partial charge in [0.15, 0.2) is 5.96 Å². The maximum absolute atomic E-state index is 5.51. The summed E-state index contributed by atoms with van der Waals surface area (Å²) in [7, 11) is 1.86. The van der Waals surface area contributed by atoms with Crippen molar-refractivity contribution in [1.82, 2.24) is 15.5 Å². The number of nitrogens with one attached hydrogen (secondary N) is 2. The van der Waals surface area contributed by atoms with Gasteiger partial charge in [0.25, 0.3) is 0 Å². The van der Waals surface area contributed by atoms with E-state index >= 15 is 0 Å². The lowest BCUT2D eigenvalue weighted by Gasteiger charge is -2.36. The van der Waals surface area contributed by atoms with Crippen molar-refractivity contribution in [3.63, 3.8) is 0 Å². The average molecular weight is 357 g/mol. The molecule has 0 aromatic carbocycles. The summed E-state index contributed by atoms with van der Waals surface area (Å²) in [5.41, 5.74) is 0. The van der Waals surface area contributed by atoms with Gasteiger partial charge in [0.05, 0.1) is 0 Å². The van der Waals surface area contributed by atoms with Gasteiger partial charge in [0.2, 0.25) is 0 Å². The van der Waals surface area contributed by atoms with E-state index < -0.39 is 0 Å². The Morgan fingerprint density at radius 3 is 2.46 bits per heavy atom. The monoisotopic (exact) mass is 356 g/mol. The van der Waals surface area contributed by atoms with Gasteiger partial charge in [-0.05, 0) is 58.0 Å². The predicted octanol–water partition coefficient (Wildman–Crippen LogP) is 2.33. The van der Waals surface area contributed by atoms with Crippen molar-refractivity contribution in [1.29, 1.82) is 0 Å². The molecule has 2 rings (SSSR count). The zero-order valence-electron chi connectivity index (χ0n) is 15.6. The SMILES string of the molecule is CN=C(NCCCN1CCCCCC1)NCC1(SC)CCOCC1. The zero-order valence-corrected chi connectivity index (χ0v) is 16.4. The zero-order chi connectivity index (χ0) is 17.1. The summed E-state index contributed by atoms with van der Waals surface area (Å²) in [5.74, 6) is 0.936. The number of hydrogen-bond donors (Lipinski definition) is 2. The first-order valence-electron chi connectivity index (χ1n) is 9.58. The average Bonchev–Trinajstić information content (AvgIpc) is 2.91. The second-order valence-electron chi connectivity index (χ2n) is 6.96. The van der Waals surface area contributed by atoms with Crippen molar-refractivity contribution in [3.8, 4) is 0 Å². The van der Waals surface area contributed by atoms with Gasteiger partial charge >= 0.3 is 0 Å². The van der Waals surface area contributed by atoms with Crippen molar-refractivity contribution < 1.29 is 4.74 Å². The first-order valence-corrected chi connectivity index (χ1v) is 10.8. The van der Waals surface area contributed by atoms with Gasteiger partial charge in [-0.15, -0.1) is 0 Å². The molecule has 0 aliphatic carbocycles. The molecule has 140 valence electrons. The van der Waals surface area contributed by atoms with Gasteiger partial charge in [0.1, 0.15) is 0 Å². The maximum atomic E-state index is 5.51. The Labute approximate surface area is 152 Å². The second-order valence-corrected chi connectivity index (χ2v) is 8.24. The fraction of sp³-hybridized carbons (Fsp3) is 0.944. The van der Waals surface area contributed by atoms with E-state index in [1.807, 2.05) is 18.8 Å². The molecule has 2 aliphatic rings. The molecule has 0 aromatic rings. The predicted molar refractivity (Wildman–Crippen MR) is 105 cm³/mol. The van der Waals surface area contributed by atoms with Gasteiger partial charge in [-0.25, -0.2) is 0 Å². The minimum absolute atomic E-state index is 0.294. The van der Waals surface area contributed by atoms with E-state index in [4.69, 9.17) is 4.74 Å².